The van der Waals surface area contributed by atoms with Crippen LogP contribution in [0.1, 0.15) is 25.7 Å². The second-order valence-electron chi connectivity index (χ2n) is 4.71. The maximum Gasteiger partial charge on any atom is 0.237 e. The van der Waals surface area contributed by atoms with Crippen LogP contribution in [0.5, 0.6) is 0 Å². The Morgan fingerprint density at radius 2 is 1.78 bits per heavy atom. The van der Waals surface area contributed by atoms with Gasteiger partial charge in [-0.15, -0.1) is 0 Å². The third-order valence-corrected chi connectivity index (χ3v) is 3.35. The van der Waals surface area contributed by atoms with Crippen molar-refractivity contribution in [1.29, 1.82) is 0 Å². The molecule has 0 heterocycles. The van der Waals surface area contributed by atoms with Gasteiger partial charge < -0.3 is 10.6 Å². The van der Waals surface area contributed by atoms with E-state index in [0.29, 0.717) is 0 Å². The molecule has 2 rings (SSSR count). The summed E-state index contributed by atoms with van der Waals surface area (Å²) in [7, 11) is 0. The van der Waals surface area contributed by atoms with E-state index in [4.69, 9.17) is 5.73 Å². The summed E-state index contributed by atoms with van der Waals surface area (Å²) in [6.07, 6.45) is 4.02. The predicted molar refractivity (Wildman–Crippen MR) is 69.9 cm³/mol. The van der Waals surface area contributed by atoms with Crippen molar-refractivity contribution in [3.05, 3.63) is 30.3 Å². The number of para-hydroxylation sites is 1. The van der Waals surface area contributed by atoms with Crippen molar-refractivity contribution in [1.82, 2.24) is 0 Å². The van der Waals surface area contributed by atoms with E-state index in [1.54, 1.807) is 0 Å². The SMILES string of the molecule is NC(=O)CN(C(=O)C1CCCC1)c1ccccc1. The van der Waals surface area contributed by atoms with Crippen LogP contribution in [0.15, 0.2) is 30.3 Å². The van der Waals surface area contributed by atoms with E-state index in [2.05, 4.69) is 0 Å². The maximum atomic E-state index is 12.4. The number of rotatable bonds is 4. The fraction of sp³-hybridized carbons (Fsp3) is 0.429. The molecule has 0 saturated heterocycles. The van der Waals surface area contributed by atoms with E-state index in [-0.39, 0.29) is 18.4 Å². The second-order valence-corrected chi connectivity index (χ2v) is 4.71. The molecule has 0 atom stereocenters. The van der Waals surface area contributed by atoms with Gasteiger partial charge in [0.15, 0.2) is 0 Å². The van der Waals surface area contributed by atoms with Crippen LogP contribution in [0.4, 0.5) is 5.69 Å². The van der Waals surface area contributed by atoms with E-state index >= 15 is 0 Å². The lowest BCUT2D eigenvalue weighted by Crippen LogP contribution is -2.41. The number of amides is 2. The van der Waals surface area contributed by atoms with Gasteiger partial charge in [0.1, 0.15) is 6.54 Å². The molecule has 1 aliphatic carbocycles. The van der Waals surface area contributed by atoms with Gasteiger partial charge in [-0.2, -0.15) is 0 Å². The lowest BCUT2D eigenvalue weighted by Gasteiger charge is -2.24. The number of benzene rings is 1. The number of carbonyl (C=O) groups is 2. The highest BCUT2D eigenvalue weighted by atomic mass is 16.2. The van der Waals surface area contributed by atoms with E-state index in [0.717, 1.165) is 31.4 Å². The Hall–Kier alpha value is -1.84. The minimum Gasteiger partial charge on any atom is -0.368 e. The van der Waals surface area contributed by atoms with Gasteiger partial charge >= 0.3 is 0 Å². The normalized spacial score (nSPS) is 15.6. The Morgan fingerprint density at radius 3 is 2.33 bits per heavy atom. The Balaban J connectivity index is 2.19. The number of nitrogens with zero attached hydrogens (tertiary/aromatic N) is 1. The summed E-state index contributed by atoms with van der Waals surface area (Å²) in [6.45, 7) is -0.0423. The second kappa shape index (κ2) is 5.67. The summed E-state index contributed by atoms with van der Waals surface area (Å²) in [6, 6.07) is 9.24. The van der Waals surface area contributed by atoms with Crippen LogP contribution in [0.3, 0.4) is 0 Å². The molecule has 0 bridgehead atoms. The van der Waals surface area contributed by atoms with E-state index in [1.165, 1.54) is 4.90 Å². The molecule has 1 fully saturated rings. The molecule has 2 N–H and O–H groups in total. The Labute approximate surface area is 107 Å². The number of hydrogen-bond donors (Lipinski definition) is 1. The first-order valence-corrected chi connectivity index (χ1v) is 6.33. The molecule has 0 unspecified atom stereocenters. The largest absolute Gasteiger partial charge is 0.368 e. The van der Waals surface area contributed by atoms with Crippen molar-refractivity contribution in [2.45, 2.75) is 25.7 Å². The van der Waals surface area contributed by atoms with Crippen LogP contribution < -0.4 is 10.6 Å². The Morgan fingerprint density at radius 1 is 1.17 bits per heavy atom. The summed E-state index contributed by atoms with van der Waals surface area (Å²) >= 11 is 0. The minimum atomic E-state index is -0.481. The molecule has 96 valence electrons. The molecular formula is C14H18N2O2. The number of carbonyl (C=O) groups excluding carboxylic acids is 2. The van der Waals surface area contributed by atoms with Crippen molar-refractivity contribution in [3.63, 3.8) is 0 Å². The van der Waals surface area contributed by atoms with Gasteiger partial charge in [0, 0.05) is 11.6 Å². The Kier molecular flexibility index (Phi) is 3.97. The van der Waals surface area contributed by atoms with Gasteiger partial charge in [-0.05, 0) is 25.0 Å². The highest BCUT2D eigenvalue weighted by Gasteiger charge is 2.28. The van der Waals surface area contributed by atoms with Crippen molar-refractivity contribution >= 4 is 17.5 Å². The highest BCUT2D eigenvalue weighted by Crippen LogP contribution is 2.28. The molecule has 0 radical (unpaired) electrons. The number of anilines is 1. The quantitative estimate of drug-likeness (QED) is 0.878. The van der Waals surface area contributed by atoms with Crippen molar-refractivity contribution in [2.24, 2.45) is 11.7 Å². The van der Waals surface area contributed by atoms with Crippen LogP contribution in [-0.4, -0.2) is 18.4 Å². The monoisotopic (exact) mass is 246 g/mol. The van der Waals surface area contributed by atoms with Crippen LogP contribution in [0.25, 0.3) is 0 Å². The average molecular weight is 246 g/mol. The summed E-state index contributed by atoms with van der Waals surface area (Å²) in [5, 5.41) is 0. The van der Waals surface area contributed by atoms with Crippen molar-refractivity contribution < 1.29 is 9.59 Å². The van der Waals surface area contributed by atoms with Gasteiger partial charge in [-0.1, -0.05) is 31.0 Å². The zero-order chi connectivity index (χ0) is 13.0. The number of hydrogen-bond acceptors (Lipinski definition) is 2. The zero-order valence-electron chi connectivity index (χ0n) is 10.3. The molecule has 1 saturated carbocycles. The molecule has 4 nitrogen and oxygen atoms in total. The third kappa shape index (κ3) is 2.88. The highest BCUT2D eigenvalue weighted by molar-refractivity contribution is 5.99. The molecular weight excluding hydrogens is 228 g/mol. The van der Waals surface area contributed by atoms with Crippen LogP contribution in [-0.2, 0) is 9.59 Å². The number of primary amides is 1. The molecule has 2 amide bonds. The van der Waals surface area contributed by atoms with E-state index in [1.807, 2.05) is 30.3 Å². The van der Waals surface area contributed by atoms with Gasteiger partial charge in [0.2, 0.25) is 11.8 Å². The first kappa shape index (κ1) is 12.6. The van der Waals surface area contributed by atoms with Crippen molar-refractivity contribution in [3.8, 4) is 0 Å². The molecule has 1 aliphatic rings. The summed E-state index contributed by atoms with van der Waals surface area (Å²) in [5.41, 5.74) is 5.98. The molecule has 0 aliphatic heterocycles. The van der Waals surface area contributed by atoms with Crippen LogP contribution in [0.2, 0.25) is 0 Å². The lowest BCUT2D eigenvalue weighted by atomic mass is 10.1. The minimum absolute atomic E-state index is 0.0255. The van der Waals surface area contributed by atoms with Gasteiger partial charge in [-0.3, -0.25) is 9.59 Å². The van der Waals surface area contributed by atoms with Gasteiger partial charge in [-0.25, -0.2) is 0 Å². The fourth-order valence-electron chi connectivity index (χ4n) is 2.45. The van der Waals surface area contributed by atoms with Gasteiger partial charge in [0.05, 0.1) is 0 Å². The molecule has 18 heavy (non-hydrogen) atoms. The first-order chi connectivity index (χ1) is 8.68. The topological polar surface area (TPSA) is 63.4 Å². The lowest BCUT2D eigenvalue weighted by molar-refractivity contribution is -0.124. The third-order valence-electron chi connectivity index (χ3n) is 3.35. The van der Waals surface area contributed by atoms with E-state index < -0.39 is 5.91 Å². The zero-order valence-corrected chi connectivity index (χ0v) is 10.3. The van der Waals surface area contributed by atoms with Gasteiger partial charge in [0.25, 0.3) is 0 Å². The molecule has 0 spiro atoms. The molecule has 1 aromatic rings. The average Bonchev–Trinajstić information content (AvgIpc) is 2.90. The standard InChI is InChI=1S/C14H18N2O2/c15-13(17)10-16(12-8-2-1-3-9-12)14(18)11-6-4-5-7-11/h1-3,8-9,11H,4-7,10H2,(H2,15,17). The first-order valence-electron chi connectivity index (χ1n) is 6.33. The smallest absolute Gasteiger partial charge is 0.237 e. The summed E-state index contributed by atoms with van der Waals surface area (Å²) < 4.78 is 0. The summed E-state index contributed by atoms with van der Waals surface area (Å²) in [5.74, 6) is -0.410. The van der Waals surface area contributed by atoms with E-state index in [9.17, 15) is 9.59 Å². The predicted octanol–water partition coefficient (Wildman–Crippen LogP) is 1.70. The Bertz CT molecular complexity index is 425. The molecule has 1 aromatic carbocycles. The number of nitrogens with two attached hydrogens (primary N) is 1. The van der Waals surface area contributed by atoms with Crippen molar-refractivity contribution in [2.75, 3.05) is 11.4 Å². The van der Waals surface area contributed by atoms with Crippen LogP contribution in [0, 0.1) is 5.92 Å². The fourth-order valence-corrected chi connectivity index (χ4v) is 2.45. The maximum absolute atomic E-state index is 12.4. The molecule has 0 aromatic heterocycles. The van der Waals surface area contributed by atoms with Crippen LogP contribution >= 0.6 is 0 Å². The summed E-state index contributed by atoms with van der Waals surface area (Å²) in [4.78, 5) is 25.0. The molecule has 4 heteroatoms.